The average molecular weight is 387 g/mol. The monoisotopic (exact) mass is 387 g/mol. The molecule has 1 aliphatic rings. The Bertz CT molecular complexity index is 933. The van der Waals surface area contributed by atoms with E-state index in [1.807, 2.05) is 73.9 Å². The number of hydrogen-bond acceptors (Lipinski definition) is 5. The van der Waals surface area contributed by atoms with Gasteiger partial charge in [0.1, 0.15) is 11.6 Å². The van der Waals surface area contributed by atoms with Crippen molar-refractivity contribution < 1.29 is 4.79 Å². The van der Waals surface area contributed by atoms with E-state index < -0.39 is 0 Å². The SMILES string of the molecule is Cc1ccc(CC(=O)Nc2ccc(N3CCN(c4ccccn4)CC3)cn2)cc1. The lowest BCUT2D eigenvalue weighted by Crippen LogP contribution is -2.46. The molecule has 0 aliphatic carbocycles. The fourth-order valence-electron chi connectivity index (χ4n) is 3.46. The van der Waals surface area contributed by atoms with Gasteiger partial charge in [0.05, 0.1) is 18.3 Å². The molecular weight excluding hydrogens is 362 g/mol. The molecule has 6 heteroatoms. The van der Waals surface area contributed by atoms with Crippen molar-refractivity contribution >= 4 is 23.2 Å². The molecule has 0 atom stereocenters. The standard InChI is InChI=1S/C23H25N5O/c1-18-5-7-19(8-6-18)16-23(29)26-21-10-9-20(17-25-21)27-12-14-28(15-13-27)22-4-2-3-11-24-22/h2-11,17H,12-16H2,1H3,(H,25,26,29). The van der Waals surface area contributed by atoms with Crippen molar-refractivity contribution in [3.8, 4) is 0 Å². The molecule has 1 aliphatic heterocycles. The van der Waals surface area contributed by atoms with Gasteiger partial charge in [0, 0.05) is 32.4 Å². The number of amides is 1. The highest BCUT2D eigenvalue weighted by Gasteiger charge is 2.18. The zero-order valence-corrected chi connectivity index (χ0v) is 16.6. The summed E-state index contributed by atoms with van der Waals surface area (Å²) in [5.41, 5.74) is 3.25. The number of benzene rings is 1. The molecule has 0 unspecified atom stereocenters. The van der Waals surface area contributed by atoms with Crippen molar-refractivity contribution in [2.45, 2.75) is 13.3 Å². The van der Waals surface area contributed by atoms with Crippen molar-refractivity contribution in [2.24, 2.45) is 0 Å². The lowest BCUT2D eigenvalue weighted by atomic mass is 10.1. The second-order valence-corrected chi connectivity index (χ2v) is 7.27. The lowest BCUT2D eigenvalue weighted by molar-refractivity contribution is -0.115. The van der Waals surface area contributed by atoms with E-state index in [9.17, 15) is 4.79 Å². The number of nitrogens with zero attached hydrogens (tertiary/aromatic N) is 4. The largest absolute Gasteiger partial charge is 0.367 e. The molecule has 1 amide bonds. The van der Waals surface area contributed by atoms with Crippen LogP contribution in [0.15, 0.2) is 67.0 Å². The zero-order chi connectivity index (χ0) is 20.1. The van der Waals surface area contributed by atoms with Crippen molar-refractivity contribution in [1.82, 2.24) is 9.97 Å². The first kappa shape index (κ1) is 18.9. The van der Waals surface area contributed by atoms with E-state index in [0.717, 1.165) is 43.2 Å². The summed E-state index contributed by atoms with van der Waals surface area (Å²) in [5.74, 6) is 1.55. The summed E-state index contributed by atoms with van der Waals surface area (Å²) in [5, 5.41) is 2.88. The minimum Gasteiger partial charge on any atom is -0.367 e. The van der Waals surface area contributed by atoms with Crippen LogP contribution in [0.1, 0.15) is 11.1 Å². The number of hydrogen-bond donors (Lipinski definition) is 1. The predicted octanol–water partition coefficient (Wildman–Crippen LogP) is 3.29. The molecule has 1 aromatic carbocycles. The summed E-state index contributed by atoms with van der Waals surface area (Å²) in [7, 11) is 0. The number of nitrogens with one attached hydrogen (secondary N) is 1. The molecule has 0 spiro atoms. The van der Waals surface area contributed by atoms with Crippen LogP contribution in [0.25, 0.3) is 0 Å². The number of aromatic nitrogens is 2. The molecule has 1 saturated heterocycles. The molecule has 3 heterocycles. The first-order valence-corrected chi connectivity index (χ1v) is 9.90. The van der Waals surface area contributed by atoms with Crippen LogP contribution in [0.3, 0.4) is 0 Å². The Balaban J connectivity index is 1.30. The quantitative estimate of drug-likeness (QED) is 0.728. The number of piperazine rings is 1. The average Bonchev–Trinajstić information content (AvgIpc) is 2.77. The highest BCUT2D eigenvalue weighted by Crippen LogP contribution is 2.19. The van der Waals surface area contributed by atoms with Crippen LogP contribution in [0.5, 0.6) is 0 Å². The van der Waals surface area contributed by atoms with Gasteiger partial charge in [-0.15, -0.1) is 0 Å². The summed E-state index contributed by atoms with van der Waals surface area (Å²) in [6, 6.07) is 17.9. The van der Waals surface area contributed by atoms with Gasteiger partial charge in [-0.25, -0.2) is 9.97 Å². The van der Waals surface area contributed by atoms with Crippen LogP contribution in [0, 0.1) is 6.92 Å². The molecule has 0 saturated carbocycles. The van der Waals surface area contributed by atoms with E-state index in [0.29, 0.717) is 12.2 Å². The smallest absolute Gasteiger partial charge is 0.229 e. The van der Waals surface area contributed by atoms with Gasteiger partial charge in [-0.1, -0.05) is 35.9 Å². The van der Waals surface area contributed by atoms with Gasteiger partial charge in [-0.3, -0.25) is 4.79 Å². The number of pyridine rings is 2. The number of rotatable bonds is 5. The van der Waals surface area contributed by atoms with Crippen LogP contribution >= 0.6 is 0 Å². The molecule has 4 rings (SSSR count). The van der Waals surface area contributed by atoms with E-state index in [2.05, 4.69) is 25.1 Å². The molecule has 2 aromatic heterocycles. The van der Waals surface area contributed by atoms with Crippen LogP contribution in [-0.4, -0.2) is 42.1 Å². The fraction of sp³-hybridized carbons (Fsp3) is 0.261. The number of carbonyl (C=O) groups is 1. The number of aryl methyl sites for hydroxylation is 1. The Kier molecular flexibility index (Phi) is 5.70. The van der Waals surface area contributed by atoms with Gasteiger partial charge in [0.15, 0.2) is 0 Å². The van der Waals surface area contributed by atoms with E-state index in [1.165, 1.54) is 5.56 Å². The van der Waals surface area contributed by atoms with Crippen molar-refractivity contribution in [3.05, 3.63) is 78.1 Å². The normalized spacial score (nSPS) is 14.0. The van der Waals surface area contributed by atoms with E-state index in [-0.39, 0.29) is 5.91 Å². The third kappa shape index (κ3) is 4.90. The Morgan fingerprint density at radius 3 is 2.34 bits per heavy atom. The van der Waals surface area contributed by atoms with Crippen LogP contribution in [0.2, 0.25) is 0 Å². The highest BCUT2D eigenvalue weighted by molar-refractivity contribution is 5.91. The maximum Gasteiger partial charge on any atom is 0.229 e. The van der Waals surface area contributed by atoms with E-state index >= 15 is 0 Å². The molecule has 1 fully saturated rings. The van der Waals surface area contributed by atoms with E-state index in [1.54, 1.807) is 0 Å². The van der Waals surface area contributed by atoms with Crippen molar-refractivity contribution in [3.63, 3.8) is 0 Å². The Hall–Kier alpha value is -3.41. The molecular formula is C23H25N5O. The predicted molar refractivity (Wildman–Crippen MR) is 116 cm³/mol. The van der Waals surface area contributed by atoms with Gasteiger partial charge in [-0.05, 0) is 36.8 Å². The Morgan fingerprint density at radius 2 is 1.69 bits per heavy atom. The van der Waals surface area contributed by atoms with Crippen LogP contribution in [-0.2, 0) is 11.2 Å². The maximum atomic E-state index is 12.3. The third-order valence-corrected chi connectivity index (χ3v) is 5.12. The maximum absolute atomic E-state index is 12.3. The third-order valence-electron chi connectivity index (χ3n) is 5.12. The minimum absolute atomic E-state index is 0.0573. The van der Waals surface area contributed by atoms with Crippen molar-refractivity contribution in [1.29, 1.82) is 0 Å². The molecule has 0 bridgehead atoms. The van der Waals surface area contributed by atoms with Crippen LogP contribution < -0.4 is 15.1 Å². The fourth-order valence-corrected chi connectivity index (χ4v) is 3.46. The van der Waals surface area contributed by atoms with Gasteiger partial charge >= 0.3 is 0 Å². The summed E-state index contributed by atoms with van der Waals surface area (Å²) in [6.45, 7) is 5.71. The second kappa shape index (κ2) is 8.73. The molecule has 148 valence electrons. The first-order valence-electron chi connectivity index (χ1n) is 9.90. The molecule has 29 heavy (non-hydrogen) atoms. The topological polar surface area (TPSA) is 61.4 Å². The molecule has 3 aromatic rings. The summed E-state index contributed by atoms with van der Waals surface area (Å²) in [4.78, 5) is 25.7. The summed E-state index contributed by atoms with van der Waals surface area (Å²) < 4.78 is 0. The molecule has 6 nitrogen and oxygen atoms in total. The number of anilines is 3. The number of carbonyl (C=O) groups excluding carboxylic acids is 1. The minimum atomic E-state index is -0.0573. The Morgan fingerprint density at radius 1 is 0.931 bits per heavy atom. The molecule has 1 N–H and O–H groups in total. The van der Waals surface area contributed by atoms with Crippen LogP contribution in [0.4, 0.5) is 17.3 Å². The highest BCUT2D eigenvalue weighted by atomic mass is 16.1. The summed E-state index contributed by atoms with van der Waals surface area (Å²) >= 11 is 0. The van der Waals surface area contributed by atoms with Gasteiger partial charge in [0.2, 0.25) is 5.91 Å². The van der Waals surface area contributed by atoms with E-state index in [4.69, 9.17) is 0 Å². The van der Waals surface area contributed by atoms with Crippen molar-refractivity contribution in [2.75, 3.05) is 41.3 Å². The molecule has 0 radical (unpaired) electrons. The lowest BCUT2D eigenvalue weighted by Gasteiger charge is -2.36. The second-order valence-electron chi connectivity index (χ2n) is 7.27. The first-order chi connectivity index (χ1) is 14.2. The van der Waals surface area contributed by atoms with Gasteiger partial charge in [-0.2, -0.15) is 0 Å². The van der Waals surface area contributed by atoms with Gasteiger partial charge in [0.25, 0.3) is 0 Å². The summed E-state index contributed by atoms with van der Waals surface area (Å²) in [6.07, 6.45) is 4.01. The van der Waals surface area contributed by atoms with Gasteiger partial charge < -0.3 is 15.1 Å². The zero-order valence-electron chi connectivity index (χ0n) is 16.6. The Labute approximate surface area is 171 Å².